The summed E-state index contributed by atoms with van der Waals surface area (Å²) in [4.78, 5) is 9.82. The Hall–Kier alpha value is -1.09. The van der Waals surface area contributed by atoms with Crippen molar-refractivity contribution in [2.45, 2.75) is 55.2 Å². The maximum absolute atomic E-state index is 14.3. The van der Waals surface area contributed by atoms with Crippen LogP contribution >= 0.6 is 11.6 Å². The normalized spacial score (nSPS) is 30.2. The number of alkyl halides is 1. The minimum atomic E-state index is -1.22. The second-order valence-corrected chi connectivity index (χ2v) is 6.71. The van der Waals surface area contributed by atoms with Crippen LogP contribution in [0.2, 0.25) is 0 Å². The zero-order chi connectivity index (χ0) is 14.3. The zero-order valence-corrected chi connectivity index (χ0v) is 12.0. The Balaban J connectivity index is 1.80. The van der Waals surface area contributed by atoms with Crippen LogP contribution in [0.5, 0.6) is 0 Å². The lowest BCUT2D eigenvalue weighted by Crippen LogP contribution is -2.16. The summed E-state index contributed by atoms with van der Waals surface area (Å²) in [6.07, 6.45) is 6.05. The molecule has 0 heterocycles. The third-order valence-electron chi connectivity index (χ3n) is 4.72. The van der Waals surface area contributed by atoms with E-state index in [2.05, 4.69) is 0 Å². The van der Waals surface area contributed by atoms with Gasteiger partial charge >= 0.3 is 5.97 Å². The zero-order valence-electron chi connectivity index (χ0n) is 11.2. The molecule has 1 aromatic rings. The molecule has 0 spiro atoms. The highest BCUT2D eigenvalue weighted by molar-refractivity contribution is 6.37. The van der Waals surface area contributed by atoms with Crippen LogP contribution in [0.1, 0.15) is 61.5 Å². The summed E-state index contributed by atoms with van der Waals surface area (Å²) in [5.41, 5.74) is 1.49. The molecule has 1 N–H and O–H groups in total. The van der Waals surface area contributed by atoms with Crippen LogP contribution in [-0.4, -0.2) is 16.0 Å². The summed E-state index contributed by atoms with van der Waals surface area (Å²) in [5, 5.41) is 9.05. The average molecular weight is 297 g/mol. The second kappa shape index (κ2) is 5.03. The molecule has 0 saturated heterocycles. The van der Waals surface area contributed by atoms with E-state index in [1.165, 1.54) is 12.5 Å². The molecule has 20 heavy (non-hydrogen) atoms. The minimum absolute atomic E-state index is 0.203. The quantitative estimate of drug-likeness (QED) is 0.838. The van der Waals surface area contributed by atoms with Crippen molar-refractivity contribution >= 4 is 17.6 Å². The third kappa shape index (κ3) is 2.32. The van der Waals surface area contributed by atoms with Crippen molar-refractivity contribution < 1.29 is 14.3 Å². The highest BCUT2D eigenvalue weighted by Gasteiger charge is 2.60. The fourth-order valence-electron chi connectivity index (χ4n) is 3.36. The number of carboxylic acids is 1. The molecule has 2 unspecified atom stereocenters. The van der Waals surface area contributed by atoms with Gasteiger partial charge < -0.3 is 5.11 Å². The van der Waals surface area contributed by atoms with Gasteiger partial charge in [0, 0.05) is 5.92 Å². The Kier molecular flexibility index (Phi) is 3.49. The number of carboxylic acid groups (broad SMARTS) is 1. The summed E-state index contributed by atoms with van der Waals surface area (Å²) in [6, 6.07) is 5.17. The van der Waals surface area contributed by atoms with E-state index in [4.69, 9.17) is 16.7 Å². The van der Waals surface area contributed by atoms with E-state index in [9.17, 15) is 9.18 Å². The van der Waals surface area contributed by atoms with Crippen molar-refractivity contribution in [2.24, 2.45) is 0 Å². The maximum atomic E-state index is 14.3. The lowest BCUT2D eigenvalue weighted by Gasteiger charge is -2.22. The van der Waals surface area contributed by atoms with Crippen molar-refractivity contribution in [3.05, 3.63) is 35.1 Å². The van der Waals surface area contributed by atoms with Gasteiger partial charge in [0.2, 0.25) is 0 Å². The lowest BCUT2D eigenvalue weighted by molar-refractivity contribution is -0.137. The van der Waals surface area contributed by atoms with Crippen LogP contribution < -0.4 is 0 Å². The Morgan fingerprint density at radius 1 is 1.30 bits per heavy atom. The predicted molar refractivity (Wildman–Crippen MR) is 75.8 cm³/mol. The molecule has 2 fully saturated rings. The van der Waals surface area contributed by atoms with Gasteiger partial charge in [0.25, 0.3) is 0 Å². The van der Waals surface area contributed by atoms with E-state index in [0.29, 0.717) is 17.9 Å². The Morgan fingerprint density at radius 3 is 2.55 bits per heavy atom. The molecule has 2 aliphatic rings. The lowest BCUT2D eigenvalue weighted by atomic mass is 9.83. The average Bonchev–Trinajstić information content (AvgIpc) is 3.14. The number of halogens is 2. The molecular weight excluding hydrogens is 279 g/mol. The standard InChI is InChI=1S/C16H18ClFO2/c17-16(15(19)20)9-13(16)11-6-7-12(14(18)8-11)10-4-2-1-3-5-10/h6-8,10,13H,1-5,9H2,(H,19,20). The van der Waals surface area contributed by atoms with Crippen molar-refractivity contribution in [3.8, 4) is 0 Å². The number of rotatable bonds is 3. The number of benzene rings is 1. The predicted octanol–water partition coefficient (Wildman–Crippen LogP) is 4.42. The number of aliphatic carboxylic acids is 1. The third-order valence-corrected chi connectivity index (χ3v) is 5.30. The van der Waals surface area contributed by atoms with Gasteiger partial charge in [-0.15, -0.1) is 11.6 Å². The van der Waals surface area contributed by atoms with Crippen LogP contribution in [0.25, 0.3) is 0 Å². The molecule has 2 saturated carbocycles. The summed E-state index contributed by atoms with van der Waals surface area (Å²) in [5.74, 6) is -1.17. The SMILES string of the molecule is O=C(O)C1(Cl)CC1c1ccc(C2CCCCC2)c(F)c1. The van der Waals surface area contributed by atoms with E-state index in [-0.39, 0.29) is 11.7 Å². The van der Waals surface area contributed by atoms with Gasteiger partial charge in [0.05, 0.1) is 0 Å². The molecule has 3 rings (SSSR count). The minimum Gasteiger partial charge on any atom is -0.480 e. The van der Waals surface area contributed by atoms with Crippen LogP contribution in [0.3, 0.4) is 0 Å². The molecule has 2 aliphatic carbocycles. The largest absolute Gasteiger partial charge is 0.480 e. The number of hydrogen-bond acceptors (Lipinski definition) is 1. The highest BCUT2D eigenvalue weighted by Crippen LogP contribution is 2.56. The summed E-state index contributed by atoms with van der Waals surface area (Å²) < 4.78 is 14.3. The van der Waals surface area contributed by atoms with Crippen LogP contribution in [0.4, 0.5) is 4.39 Å². The molecule has 4 heteroatoms. The van der Waals surface area contributed by atoms with Crippen LogP contribution in [0.15, 0.2) is 18.2 Å². The van der Waals surface area contributed by atoms with Crippen molar-refractivity contribution in [2.75, 3.05) is 0 Å². The highest BCUT2D eigenvalue weighted by atomic mass is 35.5. The first-order chi connectivity index (χ1) is 9.52. The fraction of sp³-hybridized carbons (Fsp3) is 0.562. The second-order valence-electron chi connectivity index (χ2n) is 6.04. The first-order valence-corrected chi connectivity index (χ1v) is 7.62. The van der Waals surface area contributed by atoms with Gasteiger partial charge in [-0.1, -0.05) is 31.4 Å². The van der Waals surface area contributed by atoms with Crippen LogP contribution in [0, 0.1) is 5.82 Å². The van der Waals surface area contributed by atoms with E-state index in [0.717, 1.165) is 31.2 Å². The summed E-state index contributed by atoms with van der Waals surface area (Å²) in [6.45, 7) is 0. The van der Waals surface area contributed by atoms with Gasteiger partial charge in [-0.05, 0) is 42.4 Å². The Bertz CT molecular complexity index is 539. The first kappa shape index (κ1) is 13.9. The van der Waals surface area contributed by atoms with Gasteiger partial charge in [0.1, 0.15) is 10.7 Å². The molecule has 2 nitrogen and oxygen atoms in total. The molecule has 108 valence electrons. The van der Waals surface area contributed by atoms with Crippen molar-refractivity contribution in [1.29, 1.82) is 0 Å². The van der Waals surface area contributed by atoms with Gasteiger partial charge in [-0.3, -0.25) is 4.79 Å². The topological polar surface area (TPSA) is 37.3 Å². The van der Waals surface area contributed by atoms with Gasteiger partial charge in [-0.2, -0.15) is 0 Å². The molecule has 0 bridgehead atoms. The van der Waals surface area contributed by atoms with E-state index >= 15 is 0 Å². The van der Waals surface area contributed by atoms with Gasteiger partial charge in [0.15, 0.2) is 0 Å². The van der Waals surface area contributed by atoms with E-state index < -0.39 is 10.8 Å². The fourth-order valence-corrected chi connectivity index (χ4v) is 3.64. The first-order valence-electron chi connectivity index (χ1n) is 7.24. The molecule has 2 atom stereocenters. The monoisotopic (exact) mass is 296 g/mol. The van der Waals surface area contributed by atoms with Crippen molar-refractivity contribution in [1.82, 2.24) is 0 Å². The van der Waals surface area contributed by atoms with Crippen LogP contribution in [-0.2, 0) is 4.79 Å². The van der Waals surface area contributed by atoms with E-state index in [1.54, 1.807) is 0 Å². The Labute approximate surface area is 122 Å². The molecule has 0 aromatic heterocycles. The van der Waals surface area contributed by atoms with Crippen molar-refractivity contribution in [3.63, 3.8) is 0 Å². The number of hydrogen-bond donors (Lipinski definition) is 1. The molecule has 0 aliphatic heterocycles. The Morgan fingerprint density at radius 2 is 2.00 bits per heavy atom. The summed E-state index contributed by atoms with van der Waals surface area (Å²) in [7, 11) is 0. The number of carbonyl (C=O) groups is 1. The van der Waals surface area contributed by atoms with E-state index in [1.807, 2.05) is 12.1 Å². The van der Waals surface area contributed by atoms with Gasteiger partial charge in [-0.25, -0.2) is 4.39 Å². The smallest absolute Gasteiger partial charge is 0.325 e. The molecular formula is C16H18ClFO2. The molecule has 0 amide bonds. The molecule has 0 radical (unpaired) electrons. The summed E-state index contributed by atoms with van der Waals surface area (Å²) >= 11 is 6.00. The molecule has 1 aromatic carbocycles. The maximum Gasteiger partial charge on any atom is 0.325 e.